The van der Waals surface area contributed by atoms with E-state index in [1.165, 1.54) is 23.4 Å². The Labute approximate surface area is 189 Å². The molecule has 8 heteroatoms. The Hall–Kier alpha value is -2.71. The van der Waals surface area contributed by atoms with E-state index in [1.807, 2.05) is 24.3 Å². The van der Waals surface area contributed by atoms with Crippen LogP contribution in [0.2, 0.25) is 0 Å². The first-order chi connectivity index (χ1) is 15.3. The number of nitrogens with one attached hydrogen (secondary N) is 2. The predicted molar refractivity (Wildman–Crippen MR) is 123 cm³/mol. The van der Waals surface area contributed by atoms with E-state index in [2.05, 4.69) is 10.6 Å². The number of carbonyl (C=O) groups is 2. The number of hydrogen-bond donors (Lipinski definition) is 2. The standard InChI is InChI=1S/C24H29N3O4S/c1-17(28)25-20-10-12-21(13-11-20)32(30,31)27-15-14-18-6-2-5-9-22(18)23(27)16-24(29)26-19-7-3-4-8-19/h2,5-6,9-13,19,23H,3-4,7-8,14-16H2,1H3,(H,25,28)(H,26,29). The van der Waals surface area contributed by atoms with Crippen molar-refractivity contribution >= 4 is 27.5 Å². The summed E-state index contributed by atoms with van der Waals surface area (Å²) in [6, 6.07) is 13.5. The van der Waals surface area contributed by atoms with E-state index in [0.29, 0.717) is 18.7 Å². The Morgan fingerprint density at radius 2 is 1.72 bits per heavy atom. The van der Waals surface area contributed by atoms with E-state index in [0.717, 1.165) is 36.8 Å². The summed E-state index contributed by atoms with van der Waals surface area (Å²) in [6.45, 7) is 1.71. The molecule has 0 aromatic heterocycles. The largest absolute Gasteiger partial charge is 0.353 e. The summed E-state index contributed by atoms with van der Waals surface area (Å²) >= 11 is 0. The number of nitrogens with zero attached hydrogens (tertiary/aromatic N) is 1. The molecule has 0 saturated heterocycles. The van der Waals surface area contributed by atoms with E-state index in [9.17, 15) is 18.0 Å². The lowest BCUT2D eigenvalue weighted by Crippen LogP contribution is -2.43. The fourth-order valence-electron chi connectivity index (χ4n) is 4.71. The molecule has 1 heterocycles. The molecule has 2 amide bonds. The molecule has 2 N–H and O–H groups in total. The highest BCUT2D eigenvalue weighted by Crippen LogP contribution is 2.36. The highest BCUT2D eigenvalue weighted by molar-refractivity contribution is 7.89. The minimum atomic E-state index is -3.83. The first-order valence-corrected chi connectivity index (χ1v) is 12.6. The summed E-state index contributed by atoms with van der Waals surface area (Å²) < 4.78 is 28.6. The molecule has 2 aromatic rings. The average molecular weight is 456 g/mol. The van der Waals surface area contributed by atoms with Gasteiger partial charge in [0.15, 0.2) is 0 Å². The van der Waals surface area contributed by atoms with Crippen LogP contribution in [0.4, 0.5) is 5.69 Å². The van der Waals surface area contributed by atoms with Crippen LogP contribution in [0.3, 0.4) is 0 Å². The molecule has 2 aromatic carbocycles. The van der Waals surface area contributed by atoms with Gasteiger partial charge >= 0.3 is 0 Å². The SMILES string of the molecule is CC(=O)Nc1ccc(S(=O)(=O)N2CCc3ccccc3C2CC(=O)NC2CCCC2)cc1. The van der Waals surface area contributed by atoms with Gasteiger partial charge in [-0.15, -0.1) is 0 Å². The maximum atomic E-state index is 13.6. The van der Waals surface area contributed by atoms with Crippen molar-refractivity contribution in [1.82, 2.24) is 9.62 Å². The number of amides is 2. The van der Waals surface area contributed by atoms with E-state index >= 15 is 0 Å². The maximum absolute atomic E-state index is 13.6. The highest BCUT2D eigenvalue weighted by atomic mass is 32.2. The van der Waals surface area contributed by atoms with E-state index in [4.69, 9.17) is 0 Å². The first-order valence-electron chi connectivity index (χ1n) is 11.1. The minimum Gasteiger partial charge on any atom is -0.353 e. The number of fused-ring (bicyclic) bond motifs is 1. The summed E-state index contributed by atoms with van der Waals surface area (Å²) in [5.41, 5.74) is 2.50. The molecule has 1 fully saturated rings. The number of hydrogen-bond acceptors (Lipinski definition) is 4. The van der Waals surface area contributed by atoms with Gasteiger partial charge in [-0.25, -0.2) is 8.42 Å². The average Bonchev–Trinajstić information content (AvgIpc) is 3.26. The number of anilines is 1. The lowest BCUT2D eigenvalue weighted by molar-refractivity contribution is -0.122. The van der Waals surface area contributed by atoms with E-state index in [-0.39, 0.29) is 29.2 Å². The summed E-state index contributed by atoms with van der Waals surface area (Å²) in [4.78, 5) is 24.3. The second-order valence-electron chi connectivity index (χ2n) is 8.54. The highest BCUT2D eigenvalue weighted by Gasteiger charge is 2.37. The van der Waals surface area contributed by atoms with Gasteiger partial charge in [0.1, 0.15) is 0 Å². The predicted octanol–water partition coefficient (Wildman–Crippen LogP) is 3.38. The lowest BCUT2D eigenvalue weighted by Gasteiger charge is -2.36. The number of benzene rings is 2. The van der Waals surface area contributed by atoms with Crippen LogP contribution in [0.25, 0.3) is 0 Å². The Kier molecular flexibility index (Phi) is 6.62. The molecule has 4 rings (SSSR count). The fraction of sp³-hybridized carbons (Fsp3) is 0.417. The number of sulfonamides is 1. The maximum Gasteiger partial charge on any atom is 0.243 e. The van der Waals surface area contributed by atoms with Gasteiger partial charge < -0.3 is 10.6 Å². The molecule has 1 saturated carbocycles. The Bertz CT molecular complexity index is 1090. The third-order valence-electron chi connectivity index (χ3n) is 6.24. The van der Waals surface area contributed by atoms with Crippen molar-refractivity contribution in [3.05, 3.63) is 59.7 Å². The Morgan fingerprint density at radius 3 is 2.41 bits per heavy atom. The van der Waals surface area contributed by atoms with Crippen molar-refractivity contribution in [2.24, 2.45) is 0 Å². The molecule has 0 radical (unpaired) electrons. The summed E-state index contributed by atoms with van der Waals surface area (Å²) in [5, 5.41) is 5.74. The quantitative estimate of drug-likeness (QED) is 0.698. The van der Waals surface area contributed by atoms with Gasteiger partial charge in [0, 0.05) is 31.6 Å². The molecular formula is C24H29N3O4S. The molecule has 0 spiro atoms. The second kappa shape index (κ2) is 9.42. The molecule has 2 aliphatic rings. The van der Waals surface area contributed by atoms with Gasteiger partial charge in [0.05, 0.1) is 10.9 Å². The van der Waals surface area contributed by atoms with Crippen molar-refractivity contribution in [3.63, 3.8) is 0 Å². The smallest absolute Gasteiger partial charge is 0.243 e. The van der Waals surface area contributed by atoms with Crippen molar-refractivity contribution < 1.29 is 18.0 Å². The van der Waals surface area contributed by atoms with Crippen LogP contribution in [-0.4, -0.2) is 37.1 Å². The zero-order valence-electron chi connectivity index (χ0n) is 18.2. The van der Waals surface area contributed by atoms with Crippen molar-refractivity contribution in [1.29, 1.82) is 0 Å². The monoisotopic (exact) mass is 455 g/mol. The third kappa shape index (κ3) is 4.86. The molecular weight excluding hydrogens is 426 g/mol. The lowest BCUT2D eigenvalue weighted by atomic mass is 9.92. The van der Waals surface area contributed by atoms with Gasteiger partial charge in [-0.3, -0.25) is 9.59 Å². The normalized spacial score (nSPS) is 19.3. The van der Waals surface area contributed by atoms with Crippen LogP contribution in [-0.2, 0) is 26.0 Å². The van der Waals surface area contributed by atoms with Crippen molar-refractivity contribution in [2.75, 3.05) is 11.9 Å². The van der Waals surface area contributed by atoms with E-state index < -0.39 is 16.1 Å². The van der Waals surface area contributed by atoms with Gasteiger partial charge in [-0.05, 0) is 54.7 Å². The third-order valence-corrected chi connectivity index (χ3v) is 8.17. The molecule has 170 valence electrons. The van der Waals surface area contributed by atoms with Crippen LogP contribution in [0.1, 0.15) is 56.2 Å². The topological polar surface area (TPSA) is 95.6 Å². The summed E-state index contributed by atoms with van der Waals surface area (Å²) in [7, 11) is -3.83. The molecule has 1 atom stereocenters. The van der Waals surface area contributed by atoms with Crippen LogP contribution in [0, 0.1) is 0 Å². The van der Waals surface area contributed by atoms with E-state index in [1.54, 1.807) is 12.1 Å². The minimum absolute atomic E-state index is 0.0940. The van der Waals surface area contributed by atoms with Gasteiger partial charge in [-0.1, -0.05) is 37.1 Å². The second-order valence-corrected chi connectivity index (χ2v) is 10.4. The molecule has 1 aliphatic carbocycles. The Morgan fingerprint density at radius 1 is 1.03 bits per heavy atom. The number of carbonyl (C=O) groups excluding carboxylic acids is 2. The first kappa shape index (κ1) is 22.5. The molecule has 1 aliphatic heterocycles. The molecule has 1 unspecified atom stereocenters. The van der Waals surface area contributed by atoms with Gasteiger partial charge in [-0.2, -0.15) is 4.31 Å². The van der Waals surface area contributed by atoms with Crippen LogP contribution < -0.4 is 10.6 Å². The number of rotatable bonds is 6. The van der Waals surface area contributed by atoms with Gasteiger partial charge in [0.25, 0.3) is 0 Å². The zero-order valence-corrected chi connectivity index (χ0v) is 19.0. The summed E-state index contributed by atoms with van der Waals surface area (Å²) in [5.74, 6) is -0.332. The molecule has 32 heavy (non-hydrogen) atoms. The fourth-order valence-corrected chi connectivity index (χ4v) is 6.31. The van der Waals surface area contributed by atoms with Crippen LogP contribution in [0.5, 0.6) is 0 Å². The van der Waals surface area contributed by atoms with Crippen molar-refractivity contribution in [3.8, 4) is 0 Å². The van der Waals surface area contributed by atoms with Crippen LogP contribution >= 0.6 is 0 Å². The van der Waals surface area contributed by atoms with Crippen molar-refractivity contribution in [2.45, 2.75) is 62.4 Å². The van der Waals surface area contributed by atoms with Crippen LogP contribution in [0.15, 0.2) is 53.4 Å². The molecule has 0 bridgehead atoms. The zero-order chi connectivity index (χ0) is 22.7. The summed E-state index contributed by atoms with van der Waals surface area (Å²) in [6.07, 6.45) is 4.89. The Balaban J connectivity index is 1.61. The van der Waals surface area contributed by atoms with Gasteiger partial charge in [0.2, 0.25) is 21.8 Å². The molecule has 7 nitrogen and oxygen atoms in total.